The first-order valence-corrected chi connectivity index (χ1v) is 18.9. The Morgan fingerprint density at radius 1 is 0.339 bits per heavy atom. The quantitative estimate of drug-likeness (QED) is 0.172. The van der Waals surface area contributed by atoms with Crippen LogP contribution in [0.1, 0.15) is 22.3 Å². The Balaban J connectivity index is 1.14. The van der Waals surface area contributed by atoms with Crippen LogP contribution < -0.4 is 0 Å². The molecule has 56 heavy (non-hydrogen) atoms. The molecule has 0 radical (unpaired) electrons. The lowest BCUT2D eigenvalue weighted by atomic mass is 9.67. The summed E-state index contributed by atoms with van der Waals surface area (Å²) in [6.45, 7) is 0. The molecular weight excluding hydrogens is 683 g/mol. The number of furan rings is 1. The first-order valence-electron chi connectivity index (χ1n) is 18.9. The smallest absolute Gasteiger partial charge is 0.164 e. The fraction of sp³-hybridized carbons (Fsp3) is 0.0192. The van der Waals surface area contributed by atoms with Crippen molar-refractivity contribution in [2.24, 2.45) is 0 Å². The first kappa shape index (κ1) is 32.0. The number of fused-ring (bicyclic) bond motifs is 6. The topological polar surface area (TPSA) is 51.8 Å². The van der Waals surface area contributed by atoms with E-state index in [2.05, 4.69) is 152 Å². The monoisotopic (exact) mass is 715 g/mol. The third-order valence-corrected chi connectivity index (χ3v) is 11.2. The van der Waals surface area contributed by atoms with Crippen LogP contribution in [0.25, 0.3) is 78.4 Å². The number of hydrogen-bond donors (Lipinski definition) is 0. The first-order chi connectivity index (χ1) is 27.8. The summed E-state index contributed by atoms with van der Waals surface area (Å²) in [6.07, 6.45) is 0. The second-order valence-corrected chi connectivity index (χ2v) is 14.3. The van der Waals surface area contributed by atoms with Gasteiger partial charge in [0.25, 0.3) is 0 Å². The molecule has 0 unspecified atom stereocenters. The van der Waals surface area contributed by atoms with E-state index >= 15 is 0 Å². The molecule has 4 heteroatoms. The van der Waals surface area contributed by atoms with Gasteiger partial charge in [-0.2, -0.15) is 0 Å². The van der Waals surface area contributed by atoms with E-state index in [0.29, 0.717) is 17.5 Å². The number of hydrogen-bond acceptors (Lipinski definition) is 4. The van der Waals surface area contributed by atoms with Crippen LogP contribution in [0.15, 0.2) is 205 Å². The normalized spacial score (nSPS) is 12.8. The molecule has 0 N–H and O–H groups in total. The fourth-order valence-corrected chi connectivity index (χ4v) is 8.73. The number of rotatable bonds is 6. The Kier molecular flexibility index (Phi) is 7.36. The van der Waals surface area contributed by atoms with Crippen LogP contribution in [-0.2, 0) is 5.41 Å². The Morgan fingerprint density at radius 2 is 0.839 bits per heavy atom. The molecular formula is C52H33N3O. The van der Waals surface area contributed by atoms with Crippen molar-refractivity contribution in [3.8, 4) is 56.4 Å². The molecule has 0 amide bonds. The molecule has 1 aliphatic carbocycles. The summed E-state index contributed by atoms with van der Waals surface area (Å²) < 4.78 is 6.82. The molecule has 0 spiro atoms. The lowest BCUT2D eigenvalue weighted by Gasteiger charge is -2.33. The molecule has 2 aromatic heterocycles. The van der Waals surface area contributed by atoms with Gasteiger partial charge in [0.1, 0.15) is 11.2 Å². The summed E-state index contributed by atoms with van der Waals surface area (Å²) >= 11 is 0. The minimum Gasteiger partial charge on any atom is -0.456 e. The van der Waals surface area contributed by atoms with Crippen molar-refractivity contribution in [2.45, 2.75) is 5.41 Å². The maximum absolute atomic E-state index is 6.82. The zero-order valence-corrected chi connectivity index (χ0v) is 30.3. The second kappa shape index (κ2) is 12.9. The highest BCUT2D eigenvalue weighted by atomic mass is 16.3. The van der Waals surface area contributed by atoms with Gasteiger partial charge in [0.05, 0.1) is 5.41 Å². The highest BCUT2D eigenvalue weighted by Crippen LogP contribution is 2.57. The molecule has 0 bridgehead atoms. The van der Waals surface area contributed by atoms with Crippen LogP contribution in [0.4, 0.5) is 0 Å². The molecule has 11 rings (SSSR count). The highest BCUT2D eigenvalue weighted by Gasteiger charge is 2.46. The predicted molar refractivity (Wildman–Crippen MR) is 226 cm³/mol. The Hall–Kier alpha value is -7.43. The Bertz CT molecular complexity index is 3010. The van der Waals surface area contributed by atoms with Gasteiger partial charge in [0.15, 0.2) is 17.5 Å². The highest BCUT2D eigenvalue weighted by molar-refractivity contribution is 6.14. The molecule has 0 saturated heterocycles. The van der Waals surface area contributed by atoms with Crippen molar-refractivity contribution in [3.05, 3.63) is 222 Å². The van der Waals surface area contributed by atoms with E-state index in [1.54, 1.807) is 0 Å². The van der Waals surface area contributed by atoms with E-state index in [4.69, 9.17) is 19.4 Å². The largest absolute Gasteiger partial charge is 0.456 e. The van der Waals surface area contributed by atoms with E-state index in [0.717, 1.165) is 49.8 Å². The molecule has 10 aromatic rings. The van der Waals surface area contributed by atoms with Crippen molar-refractivity contribution >= 4 is 21.9 Å². The van der Waals surface area contributed by atoms with E-state index in [1.165, 1.54) is 33.4 Å². The number of aromatic nitrogens is 3. The molecule has 4 nitrogen and oxygen atoms in total. The standard InChI is InChI=1S/C52H33N3O/c1-5-16-34(17-6-1)35-28-30-37(31-29-35)50-53-49(36-18-7-2-8-19-36)54-51(55-50)41-25-15-27-46-48(41)43-32-42-40-24-13-14-26-44(40)52(38-20-9-3-10-21-38,39-22-11-4-12-23-39)45(42)33-47(43)56-46/h1-33H. The van der Waals surface area contributed by atoms with Crippen molar-refractivity contribution in [3.63, 3.8) is 0 Å². The van der Waals surface area contributed by atoms with Gasteiger partial charge in [0.2, 0.25) is 0 Å². The van der Waals surface area contributed by atoms with Crippen LogP contribution >= 0.6 is 0 Å². The van der Waals surface area contributed by atoms with Crippen LogP contribution in [-0.4, -0.2) is 15.0 Å². The zero-order valence-electron chi connectivity index (χ0n) is 30.3. The van der Waals surface area contributed by atoms with E-state index in [1.807, 2.05) is 48.5 Å². The van der Waals surface area contributed by atoms with Crippen LogP contribution in [0, 0.1) is 0 Å². The predicted octanol–water partition coefficient (Wildman–Crippen LogP) is 12.8. The van der Waals surface area contributed by atoms with Gasteiger partial charge in [-0.15, -0.1) is 0 Å². The molecule has 0 aliphatic heterocycles. The van der Waals surface area contributed by atoms with Crippen molar-refractivity contribution in [1.29, 1.82) is 0 Å². The summed E-state index contributed by atoms with van der Waals surface area (Å²) in [5.74, 6) is 1.83. The lowest BCUT2D eigenvalue weighted by molar-refractivity contribution is 0.666. The van der Waals surface area contributed by atoms with Gasteiger partial charge in [-0.25, -0.2) is 15.0 Å². The van der Waals surface area contributed by atoms with Crippen LogP contribution in [0.5, 0.6) is 0 Å². The Morgan fingerprint density at radius 3 is 1.50 bits per heavy atom. The van der Waals surface area contributed by atoms with E-state index in [-0.39, 0.29) is 0 Å². The summed E-state index contributed by atoms with van der Waals surface area (Å²) in [7, 11) is 0. The maximum Gasteiger partial charge on any atom is 0.164 e. The Labute approximate surface area is 324 Å². The van der Waals surface area contributed by atoms with Gasteiger partial charge < -0.3 is 4.42 Å². The molecule has 0 atom stereocenters. The van der Waals surface area contributed by atoms with Crippen molar-refractivity contribution in [1.82, 2.24) is 15.0 Å². The molecule has 0 fully saturated rings. The molecule has 1 aliphatic rings. The molecule has 8 aromatic carbocycles. The van der Waals surface area contributed by atoms with E-state index in [9.17, 15) is 0 Å². The second-order valence-electron chi connectivity index (χ2n) is 14.3. The fourth-order valence-electron chi connectivity index (χ4n) is 8.73. The summed E-state index contributed by atoms with van der Waals surface area (Å²) in [5.41, 5.74) is 13.5. The van der Waals surface area contributed by atoms with Crippen LogP contribution in [0.2, 0.25) is 0 Å². The van der Waals surface area contributed by atoms with Gasteiger partial charge in [-0.1, -0.05) is 182 Å². The average Bonchev–Trinajstić information content (AvgIpc) is 3.79. The van der Waals surface area contributed by atoms with Crippen molar-refractivity contribution in [2.75, 3.05) is 0 Å². The third kappa shape index (κ3) is 4.96. The third-order valence-electron chi connectivity index (χ3n) is 11.2. The number of nitrogens with zero attached hydrogens (tertiary/aromatic N) is 3. The number of benzene rings is 8. The minimum absolute atomic E-state index is 0.520. The van der Waals surface area contributed by atoms with Crippen molar-refractivity contribution < 1.29 is 4.42 Å². The van der Waals surface area contributed by atoms with Gasteiger partial charge in [0, 0.05) is 27.5 Å². The summed E-state index contributed by atoms with van der Waals surface area (Å²) in [5, 5.41) is 2.01. The van der Waals surface area contributed by atoms with Crippen LogP contribution in [0.3, 0.4) is 0 Å². The summed E-state index contributed by atoms with van der Waals surface area (Å²) in [4.78, 5) is 15.4. The summed E-state index contributed by atoms with van der Waals surface area (Å²) in [6, 6.07) is 70.3. The minimum atomic E-state index is -0.520. The lowest BCUT2D eigenvalue weighted by Crippen LogP contribution is -2.28. The average molecular weight is 716 g/mol. The zero-order chi connectivity index (χ0) is 37.1. The SMILES string of the molecule is c1ccc(-c2ccc(-c3nc(-c4ccccc4)nc(-c4cccc5oc6cc7c(cc6c45)-c4ccccc4C7(c4ccccc4)c4ccccc4)n3)cc2)cc1. The molecule has 0 saturated carbocycles. The molecule has 262 valence electrons. The molecule has 2 heterocycles. The van der Waals surface area contributed by atoms with Gasteiger partial charge >= 0.3 is 0 Å². The van der Waals surface area contributed by atoms with Gasteiger partial charge in [-0.05, 0) is 62.7 Å². The maximum atomic E-state index is 6.82. The van der Waals surface area contributed by atoms with E-state index < -0.39 is 5.41 Å². The van der Waals surface area contributed by atoms with Gasteiger partial charge in [-0.3, -0.25) is 0 Å².